The van der Waals surface area contributed by atoms with Gasteiger partial charge in [0, 0.05) is 0 Å². The third-order valence-corrected chi connectivity index (χ3v) is 2.80. The van der Waals surface area contributed by atoms with E-state index in [0.717, 1.165) is 0 Å². The summed E-state index contributed by atoms with van der Waals surface area (Å²) in [6.07, 6.45) is 1.51. The maximum absolute atomic E-state index is 11.9. The van der Waals surface area contributed by atoms with Crippen LogP contribution in [0.5, 0.6) is 0 Å². The van der Waals surface area contributed by atoms with Gasteiger partial charge in [-0.1, -0.05) is 16.8 Å². The molecule has 7 nitrogen and oxygen atoms in total. The maximum atomic E-state index is 11.9. The van der Waals surface area contributed by atoms with Crippen LogP contribution in [0.2, 0.25) is 5.02 Å². The smallest absolute Gasteiger partial charge is 0.287 e. The summed E-state index contributed by atoms with van der Waals surface area (Å²) >= 11 is 6.01. The van der Waals surface area contributed by atoms with Gasteiger partial charge in [0.25, 0.3) is 5.56 Å². The minimum atomic E-state index is -0.330. The number of hydrogen-bond acceptors (Lipinski definition) is 6. The van der Waals surface area contributed by atoms with E-state index in [1.54, 1.807) is 6.92 Å². The molecule has 0 radical (unpaired) electrons. The minimum absolute atomic E-state index is 0.0439. The summed E-state index contributed by atoms with van der Waals surface area (Å²) in [5.74, 6) is 0.970. The average Bonchev–Trinajstić information content (AvgIpc) is 2.76. The monoisotopic (exact) mass is 283 g/mol. The molecule has 1 N–H and O–H groups in total. The summed E-state index contributed by atoms with van der Waals surface area (Å²) in [5, 5.41) is 10.8. The van der Waals surface area contributed by atoms with Gasteiger partial charge in [0.15, 0.2) is 5.82 Å². The van der Waals surface area contributed by atoms with Crippen molar-refractivity contribution in [1.29, 1.82) is 0 Å². The SMILES string of the molecule is Cc1noc(CNc2cnn(C(C)C)c(=O)c2Cl)n1. The van der Waals surface area contributed by atoms with Crippen molar-refractivity contribution < 1.29 is 4.52 Å². The minimum Gasteiger partial charge on any atom is -0.373 e. The fourth-order valence-electron chi connectivity index (χ4n) is 1.52. The Morgan fingerprint density at radius 2 is 2.26 bits per heavy atom. The molecular formula is C11H14ClN5O2. The lowest BCUT2D eigenvalue weighted by Crippen LogP contribution is -2.25. The van der Waals surface area contributed by atoms with Crippen molar-refractivity contribution in [2.45, 2.75) is 33.4 Å². The molecule has 0 aliphatic rings. The molecule has 0 spiro atoms. The van der Waals surface area contributed by atoms with E-state index < -0.39 is 0 Å². The van der Waals surface area contributed by atoms with Gasteiger partial charge in [-0.15, -0.1) is 0 Å². The van der Waals surface area contributed by atoms with Crippen molar-refractivity contribution in [2.24, 2.45) is 0 Å². The van der Waals surface area contributed by atoms with Gasteiger partial charge in [0.2, 0.25) is 5.89 Å². The molecule has 0 atom stereocenters. The van der Waals surface area contributed by atoms with E-state index in [9.17, 15) is 4.79 Å². The second-order valence-electron chi connectivity index (χ2n) is 4.30. The van der Waals surface area contributed by atoms with Crippen LogP contribution in [0.1, 0.15) is 31.6 Å². The quantitative estimate of drug-likeness (QED) is 0.920. The molecule has 0 aliphatic carbocycles. The number of hydrogen-bond donors (Lipinski definition) is 1. The number of aryl methyl sites for hydroxylation is 1. The van der Waals surface area contributed by atoms with Gasteiger partial charge in [0.05, 0.1) is 24.5 Å². The molecule has 0 unspecified atom stereocenters. The predicted octanol–water partition coefficient (Wildman–Crippen LogP) is 1.78. The average molecular weight is 284 g/mol. The molecule has 0 saturated heterocycles. The van der Waals surface area contributed by atoms with Gasteiger partial charge in [-0.05, 0) is 20.8 Å². The fraction of sp³-hybridized carbons (Fsp3) is 0.455. The molecule has 19 heavy (non-hydrogen) atoms. The summed E-state index contributed by atoms with van der Waals surface area (Å²) in [4.78, 5) is 16.0. The van der Waals surface area contributed by atoms with Crippen molar-refractivity contribution in [1.82, 2.24) is 19.9 Å². The molecule has 0 aromatic carbocycles. The lowest BCUT2D eigenvalue weighted by atomic mass is 10.4. The van der Waals surface area contributed by atoms with Gasteiger partial charge < -0.3 is 9.84 Å². The highest BCUT2D eigenvalue weighted by Gasteiger charge is 2.12. The Morgan fingerprint density at radius 1 is 1.53 bits per heavy atom. The largest absolute Gasteiger partial charge is 0.373 e. The number of nitrogens with one attached hydrogen (secondary N) is 1. The number of rotatable bonds is 4. The van der Waals surface area contributed by atoms with Crippen molar-refractivity contribution >= 4 is 17.3 Å². The summed E-state index contributed by atoms with van der Waals surface area (Å²) in [6.45, 7) is 5.73. The zero-order valence-corrected chi connectivity index (χ0v) is 11.6. The third-order valence-electron chi connectivity index (χ3n) is 2.43. The van der Waals surface area contributed by atoms with E-state index in [0.29, 0.717) is 17.4 Å². The number of anilines is 1. The highest BCUT2D eigenvalue weighted by atomic mass is 35.5. The summed E-state index contributed by atoms with van der Waals surface area (Å²) in [6, 6.07) is -0.0439. The molecule has 2 rings (SSSR count). The van der Waals surface area contributed by atoms with Crippen LogP contribution >= 0.6 is 11.6 Å². The van der Waals surface area contributed by atoms with Crippen molar-refractivity contribution in [3.63, 3.8) is 0 Å². The van der Waals surface area contributed by atoms with Crippen LogP contribution in [-0.2, 0) is 6.54 Å². The highest BCUT2D eigenvalue weighted by Crippen LogP contribution is 2.17. The zero-order chi connectivity index (χ0) is 14.0. The Labute approximate surface area is 114 Å². The summed E-state index contributed by atoms with van der Waals surface area (Å²) in [5.41, 5.74) is 0.114. The first-order chi connectivity index (χ1) is 8.99. The van der Waals surface area contributed by atoms with E-state index in [-0.39, 0.29) is 23.2 Å². The molecule has 2 aromatic heterocycles. The molecular weight excluding hydrogens is 270 g/mol. The lowest BCUT2D eigenvalue weighted by Gasteiger charge is -2.11. The van der Waals surface area contributed by atoms with Crippen LogP contribution in [0.4, 0.5) is 5.69 Å². The topological polar surface area (TPSA) is 85.8 Å². The van der Waals surface area contributed by atoms with Crippen LogP contribution in [0.25, 0.3) is 0 Å². The molecule has 8 heteroatoms. The van der Waals surface area contributed by atoms with E-state index in [4.69, 9.17) is 16.1 Å². The normalized spacial score (nSPS) is 11.0. The lowest BCUT2D eigenvalue weighted by molar-refractivity contribution is 0.379. The molecule has 0 aliphatic heterocycles. The molecule has 2 heterocycles. The van der Waals surface area contributed by atoms with Gasteiger partial charge in [-0.2, -0.15) is 10.1 Å². The molecule has 2 aromatic rings. The third kappa shape index (κ3) is 2.93. The standard InChI is InChI=1S/C11H14ClN5O2/c1-6(2)17-11(18)10(12)8(4-14-17)13-5-9-15-7(3)16-19-9/h4,6,13H,5H2,1-3H3. The molecule has 0 bridgehead atoms. The summed E-state index contributed by atoms with van der Waals surface area (Å²) < 4.78 is 6.27. The van der Waals surface area contributed by atoms with Gasteiger partial charge in [0.1, 0.15) is 5.02 Å². The van der Waals surface area contributed by atoms with Crippen LogP contribution < -0.4 is 10.9 Å². The number of aromatic nitrogens is 4. The Morgan fingerprint density at radius 3 is 2.84 bits per heavy atom. The number of nitrogens with zero attached hydrogens (tertiary/aromatic N) is 4. The van der Waals surface area contributed by atoms with E-state index in [2.05, 4.69) is 20.6 Å². The van der Waals surface area contributed by atoms with Gasteiger partial charge in [-0.3, -0.25) is 4.79 Å². The first-order valence-electron chi connectivity index (χ1n) is 5.79. The molecule has 0 fully saturated rings. The van der Waals surface area contributed by atoms with Crippen LogP contribution in [0.3, 0.4) is 0 Å². The van der Waals surface area contributed by atoms with E-state index >= 15 is 0 Å². The molecule has 102 valence electrons. The van der Waals surface area contributed by atoms with Gasteiger partial charge >= 0.3 is 0 Å². The van der Waals surface area contributed by atoms with Crippen LogP contribution in [0.15, 0.2) is 15.5 Å². The number of halogens is 1. The predicted molar refractivity (Wildman–Crippen MR) is 70.3 cm³/mol. The first kappa shape index (κ1) is 13.5. The van der Waals surface area contributed by atoms with Crippen molar-refractivity contribution in [3.8, 4) is 0 Å². The fourth-order valence-corrected chi connectivity index (χ4v) is 1.72. The highest BCUT2D eigenvalue weighted by molar-refractivity contribution is 6.32. The Hall–Kier alpha value is -1.89. The second-order valence-corrected chi connectivity index (χ2v) is 4.68. The van der Waals surface area contributed by atoms with Crippen LogP contribution in [0, 0.1) is 6.92 Å². The molecule has 0 saturated carbocycles. The summed E-state index contributed by atoms with van der Waals surface area (Å²) in [7, 11) is 0. The van der Waals surface area contributed by atoms with Gasteiger partial charge in [-0.25, -0.2) is 4.68 Å². The first-order valence-corrected chi connectivity index (χ1v) is 6.17. The van der Waals surface area contributed by atoms with Crippen molar-refractivity contribution in [2.75, 3.05) is 5.32 Å². The Balaban J connectivity index is 2.18. The zero-order valence-electron chi connectivity index (χ0n) is 10.8. The van der Waals surface area contributed by atoms with Crippen LogP contribution in [-0.4, -0.2) is 19.9 Å². The van der Waals surface area contributed by atoms with E-state index in [1.165, 1.54) is 10.9 Å². The maximum Gasteiger partial charge on any atom is 0.287 e. The Kier molecular flexibility index (Phi) is 3.84. The Bertz CT molecular complexity index is 634. The molecule has 0 amide bonds. The van der Waals surface area contributed by atoms with Crippen molar-refractivity contribution in [3.05, 3.63) is 33.3 Å². The van der Waals surface area contributed by atoms with E-state index in [1.807, 2.05) is 13.8 Å². The second kappa shape index (κ2) is 5.40.